The van der Waals surface area contributed by atoms with Gasteiger partial charge in [0.05, 0.1) is 4.90 Å². The summed E-state index contributed by atoms with van der Waals surface area (Å²) in [6.07, 6.45) is 0. The van der Waals surface area contributed by atoms with Gasteiger partial charge in [-0.15, -0.1) is 0 Å². The molecule has 0 amide bonds. The molecule has 0 aliphatic rings. The molecule has 0 saturated heterocycles. The molecule has 0 aliphatic heterocycles. The Kier molecular flexibility index (Phi) is 2.31. The van der Waals surface area contributed by atoms with Crippen LogP contribution in [-0.4, -0.2) is 8.42 Å². The van der Waals surface area contributed by atoms with Crippen molar-refractivity contribution in [2.24, 2.45) is 0 Å². The average Bonchev–Trinajstić information content (AvgIpc) is 1.86. The molecule has 1 aromatic carbocycles. The molecule has 11 heavy (non-hydrogen) atoms. The number of hydrogen-bond acceptors (Lipinski definition) is 2. The van der Waals surface area contributed by atoms with Crippen molar-refractivity contribution in [3.63, 3.8) is 0 Å². The summed E-state index contributed by atoms with van der Waals surface area (Å²) in [5.74, 6) is 0. The van der Waals surface area contributed by atoms with Gasteiger partial charge < -0.3 is 0 Å². The molecule has 5 heteroatoms. The molecular weight excluding hydrogens is 232 g/mol. The van der Waals surface area contributed by atoms with Crippen LogP contribution in [-0.2, 0) is 14.7 Å². The van der Waals surface area contributed by atoms with Gasteiger partial charge in [-0.2, -0.15) is 8.42 Å². The second kappa shape index (κ2) is 2.92. The largest absolute Gasteiger partial charge is 0.324 e. The lowest BCUT2D eigenvalue weighted by molar-refractivity contribution is 0.414. The lowest BCUT2D eigenvalue weighted by atomic mass is 10.4. The highest BCUT2D eigenvalue weighted by atomic mass is 79.9. The highest BCUT2D eigenvalue weighted by molar-refractivity contribution is 9.10. The first-order chi connectivity index (χ1) is 5.00. The number of hydrogen-bond donors (Lipinski definition) is 0. The standard InChI is InChI=1S/C6H4BrO3S/c7-5-2-1-3-6(4-5)11(8,9)10/h1-4H. The summed E-state index contributed by atoms with van der Waals surface area (Å²) >= 11 is 3.05. The molecule has 1 radical (unpaired) electrons. The van der Waals surface area contributed by atoms with Crippen LogP contribution in [0.4, 0.5) is 0 Å². The first kappa shape index (κ1) is 8.70. The monoisotopic (exact) mass is 235 g/mol. The maximum absolute atomic E-state index is 10.4. The Morgan fingerprint density at radius 1 is 1.27 bits per heavy atom. The third-order valence-corrected chi connectivity index (χ3v) is 2.41. The molecule has 0 bridgehead atoms. The number of benzene rings is 1. The van der Waals surface area contributed by atoms with E-state index in [0.29, 0.717) is 4.47 Å². The minimum absolute atomic E-state index is 0.216. The fraction of sp³-hybridized carbons (Fsp3) is 0. The predicted molar refractivity (Wildman–Crippen MR) is 42.0 cm³/mol. The van der Waals surface area contributed by atoms with Crippen LogP contribution in [0.25, 0.3) is 0 Å². The average molecular weight is 236 g/mol. The van der Waals surface area contributed by atoms with Gasteiger partial charge in [0.1, 0.15) is 0 Å². The SMILES string of the molecule is [O]S(=O)(=O)c1cccc(Br)c1. The zero-order chi connectivity index (χ0) is 8.48. The van der Waals surface area contributed by atoms with Crippen molar-refractivity contribution in [3.8, 4) is 0 Å². The second-order valence-corrected chi connectivity index (χ2v) is 4.21. The zero-order valence-electron chi connectivity index (χ0n) is 5.32. The first-order valence-electron chi connectivity index (χ1n) is 2.71. The summed E-state index contributed by atoms with van der Waals surface area (Å²) in [4.78, 5) is -0.216. The van der Waals surface area contributed by atoms with Crippen LogP contribution in [0.15, 0.2) is 33.6 Å². The van der Waals surface area contributed by atoms with Gasteiger partial charge in [-0.25, -0.2) is 0 Å². The van der Waals surface area contributed by atoms with Crippen molar-refractivity contribution in [3.05, 3.63) is 28.7 Å². The van der Waals surface area contributed by atoms with Gasteiger partial charge in [0.2, 0.25) is 0 Å². The van der Waals surface area contributed by atoms with Crippen LogP contribution in [0.2, 0.25) is 0 Å². The van der Waals surface area contributed by atoms with E-state index in [1.165, 1.54) is 18.2 Å². The van der Waals surface area contributed by atoms with E-state index in [1.807, 2.05) is 0 Å². The molecule has 59 valence electrons. The van der Waals surface area contributed by atoms with Crippen LogP contribution in [0, 0.1) is 0 Å². The van der Waals surface area contributed by atoms with Crippen molar-refractivity contribution >= 4 is 26.0 Å². The minimum Gasteiger partial charge on any atom is -0.192 e. The fourth-order valence-corrected chi connectivity index (χ4v) is 1.69. The maximum Gasteiger partial charge on any atom is 0.324 e. The quantitative estimate of drug-likeness (QED) is 0.743. The molecule has 0 aromatic heterocycles. The summed E-state index contributed by atoms with van der Waals surface area (Å²) in [6.45, 7) is 0. The van der Waals surface area contributed by atoms with Gasteiger partial charge in [-0.1, -0.05) is 26.5 Å². The Morgan fingerprint density at radius 2 is 1.91 bits per heavy atom. The molecule has 3 nitrogen and oxygen atoms in total. The summed E-state index contributed by atoms with van der Waals surface area (Å²) in [6, 6.07) is 5.67. The van der Waals surface area contributed by atoms with Crippen LogP contribution in [0.5, 0.6) is 0 Å². The molecular formula is C6H4BrO3S. The Hall–Kier alpha value is -0.390. The van der Waals surface area contributed by atoms with Crippen molar-refractivity contribution in [2.75, 3.05) is 0 Å². The summed E-state index contributed by atoms with van der Waals surface area (Å²) in [5.41, 5.74) is 0. The molecule has 0 unspecified atom stereocenters. The van der Waals surface area contributed by atoms with Crippen LogP contribution < -0.4 is 0 Å². The lowest BCUT2D eigenvalue weighted by Crippen LogP contribution is -1.94. The van der Waals surface area contributed by atoms with Gasteiger partial charge in [0.15, 0.2) is 0 Å². The van der Waals surface area contributed by atoms with Crippen molar-refractivity contribution < 1.29 is 13.0 Å². The van der Waals surface area contributed by atoms with Crippen LogP contribution >= 0.6 is 15.9 Å². The normalized spacial score (nSPS) is 11.5. The van der Waals surface area contributed by atoms with E-state index >= 15 is 0 Å². The topological polar surface area (TPSA) is 54.0 Å². The van der Waals surface area contributed by atoms with Gasteiger partial charge in [-0.05, 0) is 18.2 Å². The van der Waals surface area contributed by atoms with Gasteiger partial charge >= 0.3 is 10.1 Å². The van der Waals surface area contributed by atoms with Gasteiger partial charge in [0, 0.05) is 4.47 Å². The van der Waals surface area contributed by atoms with Gasteiger partial charge in [0.25, 0.3) is 0 Å². The molecule has 0 heterocycles. The molecule has 0 atom stereocenters. The van der Waals surface area contributed by atoms with Crippen LogP contribution in [0.1, 0.15) is 0 Å². The minimum atomic E-state index is -4.31. The van der Waals surface area contributed by atoms with E-state index in [0.717, 1.165) is 0 Å². The molecule has 0 N–H and O–H groups in total. The summed E-state index contributed by atoms with van der Waals surface area (Å²) in [5, 5.41) is 0. The molecule has 0 aliphatic carbocycles. The summed E-state index contributed by atoms with van der Waals surface area (Å²) in [7, 11) is -4.31. The lowest BCUT2D eigenvalue weighted by Gasteiger charge is -1.93. The van der Waals surface area contributed by atoms with Crippen LogP contribution in [0.3, 0.4) is 0 Å². The van der Waals surface area contributed by atoms with Gasteiger partial charge in [-0.3, -0.25) is 0 Å². The predicted octanol–water partition coefficient (Wildman–Crippen LogP) is 1.57. The van der Waals surface area contributed by atoms with Crippen molar-refractivity contribution in [2.45, 2.75) is 4.90 Å². The van der Waals surface area contributed by atoms with E-state index < -0.39 is 10.1 Å². The summed E-state index contributed by atoms with van der Waals surface area (Å²) < 4.78 is 31.8. The van der Waals surface area contributed by atoms with E-state index in [2.05, 4.69) is 15.9 Å². The molecule has 0 fully saturated rings. The van der Waals surface area contributed by atoms with E-state index in [4.69, 9.17) is 0 Å². The zero-order valence-corrected chi connectivity index (χ0v) is 7.72. The smallest absolute Gasteiger partial charge is 0.192 e. The van der Waals surface area contributed by atoms with Crippen molar-refractivity contribution in [1.29, 1.82) is 0 Å². The Labute approximate surface area is 72.9 Å². The Balaban J connectivity index is 3.28. The fourth-order valence-electron chi connectivity index (χ4n) is 0.623. The maximum atomic E-state index is 10.4. The number of halogens is 1. The third kappa shape index (κ3) is 2.28. The number of rotatable bonds is 1. The molecule has 0 saturated carbocycles. The Bertz CT molecular complexity index is 358. The van der Waals surface area contributed by atoms with Crippen molar-refractivity contribution in [1.82, 2.24) is 0 Å². The first-order valence-corrected chi connectivity index (χ1v) is 4.92. The molecule has 1 rings (SSSR count). The Morgan fingerprint density at radius 3 is 2.27 bits per heavy atom. The van der Waals surface area contributed by atoms with E-state index in [9.17, 15) is 13.0 Å². The molecule has 0 spiro atoms. The third-order valence-electron chi connectivity index (χ3n) is 1.08. The second-order valence-electron chi connectivity index (χ2n) is 1.91. The molecule has 1 aromatic rings. The van der Waals surface area contributed by atoms with E-state index in [1.54, 1.807) is 6.07 Å². The highest BCUT2D eigenvalue weighted by Crippen LogP contribution is 2.15. The highest BCUT2D eigenvalue weighted by Gasteiger charge is 2.10. The van der Waals surface area contributed by atoms with E-state index in [-0.39, 0.29) is 4.90 Å².